The van der Waals surface area contributed by atoms with Gasteiger partial charge < -0.3 is 10.5 Å². The predicted molar refractivity (Wildman–Crippen MR) is 71.4 cm³/mol. The smallest absolute Gasteiger partial charge is 0.227 e. The molecule has 0 amide bonds. The van der Waals surface area contributed by atoms with Crippen LogP contribution in [0.2, 0.25) is 0 Å². The van der Waals surface area contributed by atoms with Crippen LogP contribution in [0.15, 0.2) is 11.4 Å². The third kappa shape index (κ3) is 3.06. The molecular weight excluding hydrogens is 234 g/mol. The van der Waals surface area contributed by atoms with E-state index in [9.17, 15) is 0 Å². The minimum absolute atomic E-state index is 0.256. The molecular formula is C12H17N3OS. The number of nitrogen functional groups attached to an aromatic ring is 1. The summed E-state index contributed by atoms with van der Waals surface area (Å²) in [6, 6.07) is 1.96. The van der Waals surface area contributed by atoms with E-state index < -0.39 is 0 Å². The van der Waals surface area contributed by atoms with E-state index in [4.69, 9.17) is 10.5 Å². The summed E-state index contributed by atoms with van der Waals surface area (Å²) in [7, 11) is 0. The molecule has 92 valence electrons. The number of ether oxygens (including phenoxy) is 1. The second-order valence-electron chi connectivity index (χ2n) is 5.19. The standard InChI is InChI=1S/C12H17N3OS/c1-12(2,3)5-6-16-9-8-4-7-17-10(8)15-11(13)14-9/h4,7H,5-6H2,1-3H3,(H2,13,14,15). The van der Waals surface area contributed by atoms with Crippen molar-refractivity contribution in [2.75, 3.05) is 12.3 Å². The van der Waals surface area contributed by atoms with Crippen LogP contribution in [0.4, 0.5) is 5.95 Å². The fourth-order valence-corrected chi connectivity index (χ4v) is 2.17. The van der Waals surface area contributed by atoms with E-state index >= 15 is 0 Å². The van der Waals surface area contributed by atoms with Gasteiger partial charge in [0.2, 0.25) is 11.8 Å². The molecule has 0 aromatic carbocycles. The monoisotopic (exact) mass is 251 g/mol. The lowest BCUT2D eigenvalue weighted by molar-refractivity contribution is 0.239. The van der Waals surface area contributed by atoms with Crippen molar-refractivity contribution in [3.63, 3.8) is 0 Å². The maximum atomic E-state index is 5.71. The largest absolute Gasteiger partial charge is 0.477 e. The van der Waals surface area contributed by atoms with Gasteiger partial charge in [-0.25, -0.2) is 4.98 Å². The molecule has 0 fully saturated rings. The third-order valence-electron chi connectivity index (χ3n) is 2.40. The van der Waals surface area contributed by atoms with E-state index in [1.165, 1.54) is 0 Å². The Morgan fingerprint density at radius 3 is 2.82 bits per heavy atom. The number of rotatable bonds is 3. The van der Waals surface area contributed by atoms with E-state index in [1.807, 2.05) is 11.4 Å². The van der Waals surface area contributed by atoms with E-state index in [2.05, 4.69) is 30.7 Å². The highest BCUT2D eigenvalue weighted by molar-refractivity contribution is 7.16. The van der Waals surface area contributed by atoms with Gasteiger partial charge in [-0.2, -0.15) is 4.98 Å². The predicted octanol–water partition coefficient (Wildman–Crippen LogP) is 3.09. The number of thiophene rings is 1. The number of anilines is 1. The molecule has 0 saturated heterocycles. The molecule has 2 N–H and O–H groups in total. The van der Waals surface area contributed by atoms with Crippen molar-refractivity contribution in [2.24, 2.45) is 5.41 Å². The minimum atomic E-state index is 0.256. The second-order valence-corrected chi connectivity index (χ2v) is 6.08. The summed E-state index contributed by atoms with van der Waals surface area (Å²) < 4.78 is 5.71. The first kappa shape index (κ1) is 12.1. The molecule has 0 saturated carbocycles. The summed E-state index contributed by atoms with van der Waals surface area (Å²) in [4.78, 5) is 9.18. The molecule has 5 heteroatoms. The summed E-state index contributed by atoms with van der Waals surface area (Å²) in [5.74, 6) is 0.865. The zero-order valence-corrected chi connectivity index (χ0v) is 11.2. The Balaban J connectivity index is 2.15. The molecule has 0 spiro atoms. The van der Waals surface area contributed by atoms with Crippen LogP contribution < -0.4 is 10.5 Å². The van der Waals surface area contributed by atoms with Gasteiger partial charge in [-0.15, -0.1) is 11.3 Å². The summed E-state index contributed by atoms with van der Waals surface area (Å²) >= 11 is 1.54. The van der Waals surface area contributed by atoms with Crippen molar-refractivity contribution in [1.82, 2.24) is 9.97 Å². The quantitative estimate of drug-likeness (QED) is 0.910. The first-order chi connectivity index (χ1) is 7.96. The highest BCUT2D eigenvalue weighted by Gasteiger charge is 2.12. The average Bonchev–Trinajstić information content (AvgIpc) is 2.63. The molecule has 0 bridgehead atoms. The topological polar surface area (TPSA) is 61.0 Å². The number of nitrogens with zero attached hydrogens (tertiary/aromatic N) is 2. The first-order valence-electron chi connectivity index (χ1n) is 5.59. The molecule has 0 unspecified atom stereocenters. The van der Waals surface area contributed by atoms with Crippen molar-refractivity contribution in [2.45, 2.75) is 27.2 Å². The van der Waals surface area contributed by atoms with E-state index in [1.54, 1.807) is 11.3 Å². The fraction of sp³-hybridized carbons (Fsp3) is 0.500. The fourth-order valence-electron chi connectivity index (χ4n) is 1.41. The van der Waals surface area contributed by atoms with Gasteiger partial charge in [0.15, 0.2) is 0 Å². The highest BCUT2D eigenvalue weighted by atomic mass is 32.1. The first-order valence-corrected chi connectivity index (χ1v) is 6.47. The number of nitrogens with two attached hydrogens (primary N) is 1. The van der Waals surface area contributed by atoms with Crippen molar-refractivity contribution >= 4 is 27.5 Å². The van der Waals surface area contributed by atoms with Gasteiger partial charge in [0.25, 0.3) is 0 Å². The molecule has 0 aliphatic heterocycles. The van der Waals surface area contributed by atoms with Crippen LogP contribution in [0.3, 0.4) is 0 Å². The molecule has 2 aromatic heterocycles. The maximum Gasteiger partial charge on any atom is 0.227 e. The maximum absolute atomic E-state index is 5.71. The molecule has 4 nitrogen and oxygen atoms in total. The molecule has 17 heavy (non-hydrogen) atoms. The van der Waals surface area contributed by atoms with Crippen molar-refractivity contribution in [3.8, 4) is 5.88 Å². The highest BCUT2D eigenvalue weighted by Crippen LogP contribution is 2.28. The molecule has 0 aliphatic rings. The summed E-state index contributed by atoms with van der Waals surface area (Å²) in [6.07, 6.45) is 0.975. The SMILES string of the molecule is CC(C)(C)CCOc1nc(N)nc2sccc12. The summed E-state index contributed by atoms with van der Waals surface area (Å²) in [5.41, 5.74) is 5.90. The normalized spacial score (nSPS) is 11.9. The van der Waals surface area contributed by atoms with Crippen molar-refractivity contribution < 1.29 is 4.74 Å². The molecule has 2 heterocycles. The van der Waals surface area contributed by atoms with Crippen molar-refractivity contribution in [1.29, 1.82) is 0 Å². The van der Waals surface area contributed by atoms with Crippen LogP contribution in [0.1, 0.15) is 27.2 Å². The average molecular weight is 251 g/mol. The lowest BCUT2D eigenvalue weighted by Gasteiger charge is -2.17. The Bertz CT molecular complexity index is 516. The van der Waals surface area contributed by atoms with Crippen LogP contribution in [0.25, 0.3) is 10.2 Å². The Morgan fingerprint density at radius 1 is 1.35 bits per heavy atom. The Hall–Kier alpha value is -1.36. The zero-order chi connectivity index (χ0) is 12.5. The Morgan fingerprint density at radius 2 is 2.12 bits per heavy atom. The van der Waals surface area contributed by atoms with Gasteiger partial charge in [-0.05, 0) is 23.3 Å². The molecule has 0 aliphatic carbocycles. The van der Waals surface area contributed by atoms with Crippen molar-refractivity contribution in [3.05, 3.63) is 11.4 Å². The Labute approximate surface area is 105 Å². The number of hydrogen-bond acceptors (Lipinski definition) is 5. The van der Waals surface area contributed by atoms with Gasteiger partial charge in [0, 0.05) is 0 Å². The molecule has 2 rings (SSSR count). The van der Waals surface area contributed by atoms with E-state index in [-0.39, 0.29) is 11.4 Å². The number of fused-ring (bicyclic) bond motifs is 1. The van der Waals surface area contributed by atoms with E-state index in [0.29, 0.717) is 12.5 Å². The van der Waals surface area contributed by atoms with Gasteiger partial charge in [-0.1, -0.05) is 20.8 Å². The minimum Gasteiger partial charge on any atom is -0.477 e. The van der Waals surface area contributed by atoms with Gasteiger partial charge >= 0.3 is 0 Å². The zero-order valence-electron chi connectivity index (χ0n) is 10.4. The molecule has 2 aromatic rings. The van der Waals surface area contributed by atoms with Crippen LogP contribution in [0, 0.1) is 5.41 Å². The summed E-state index contributed by atoms with van der Waals surface area (Å²) in [6.45, 7) is 7.20. The van der Waals surface area contributed by atoms with Gasteiger partial charge in [0.05, 0.1) is 12.0 Å². The lowest BCUT2D eigenvalue weighted by Crippen LogP contribution is -2.12. The lowest BCUT2D eigenvalue weighted by atomic mass is 9.93. The third-order valence-corrected chi connectivity index (χ3v) is 3.20. The van der Waals surface area contributed by atoms with E-state index in [0.717, 1.165) is 16.6 Å². The van der Waals surface area contributed by atoms with Crippen LogP contribution in [0.5, 0.6) is 5.88 Å². The van der Waals surface area contributed by atoms with Gasteiger partial charge in [0.1, 0.15) is 4.83 Å². The number of hydrogen-bond donors (Lipinski definition) is 1. The van der Waals surface area contributed by atoms with Crippen LogP contribution >= 0.6 is 11.3 Å². The van der Waals surface area contributed by atoms with Crippen LogP contribution in [-0.4, -0.2) is 16.6 Å². The number of aromatic nitrogens is 2. The Kier molecular flexibility index (Phi) is 3.19. The molecule has 0 atom stereocenters. The van der Waals surface area contributed by atoms with Gasteiger partial charge in [-0.3, -0.25) is 0 Å². The molecule has 0 radical (unpaired) electrons. The summed E-state index contributed by atoms with van der Waals surface area (Å²) in [5, 5.41) is 2.91. The van der Waals surface area contributed by atoms with Crippen LogP contribution in [-0.2, 0) is 0 Å². The second kappa shape index (κ2) is 4.49.